The maximum Gasteiger partial charge on any atom is 0.313 e. The molecule has 0 saturated heterocycles. The fraction of sp³-hybridized carbons (Fsp3) is 0.273. The summed E-state index contributed by atoms with van der Waals surface area (Å²) in [4.78, 5) is 10.9. The largest absolute Gasteiger partial charge is 0.481 e. The average Bonchev–Trinajstić information content (AvgIpc) is 2.17. The molecule has 0 unspecified atom stereocenters. The summed E-state index contributed by atoms with van der Waals surface area (Å²) in [6.45, 7) is 2.96. The lowest BCUT2D eigenvalue weighted by Crippen LogP contribution is -2.28. The zero-order valence-electron chi connectivity index (χ0n) is 8.41. The van der Waals surface area contributed by atoms with E-state index in [1.54, 1.807) is 6.07 Å². The molecule has 1 N–H and O–H groups in total. The monoisotopic (exact) mass is 207 g/mol. The zero-order chi connectivity index (χ0) is 11.6. The SMILES string of the molecule is CC(C)(C(=O)O)c1ccc(C#N)c(F)c1. The van der Waals surface area contributed by atoms with Crippen LogP contribution in [0.3, 0.4) is 0 Å². The van der Waals surface area contributed by atoms with Gasteiger partial charge in [0.1, 0.15) is 11.9 Å². The van der Waals surface area contributed by atoms with Gasteiger partial charge in [0.2, 0.25) is 0 Å². The van der Waals surface area contributed by atoms with E-state index in [0.29, 0.717) is 5.56 Å². The highest BCUT2D eigenvalue weighted by Gasteiger charge is 2.29. The van der Waals surface area contributed by atoms with Crippen molar-refractivity contribution in [2.24, 2.45) is 0 Å². The first kappa shape index (κ1) is 11.2. The van der Waals surface area contributed by atoms with Crippen LogP contribution >= 0.6 is 0 Å². The summed E-state index contributed by atoms with van der Waals surface area (Å²) >= 11 is 0. The predicted molar refractivity (Wildman–Crippen MR) is 51.8 cm³/mol. The van der Waals surface area contributed by atoms with Crippen molar-refractivity contribution >= 4 is 5.97 Å². The van der Waals surface area contributed by atoms with E-state index in [9.17, 15) is 9.18 Å². The fourth-order valence-electron chi connectivity index (χ4n) is 1.12. The molecule has 0 amide bonds. The maximum absolute atomic E-state index is 13.2. The summed E-state index contributed by atoms with van der Waals surface area (Å²) in [5.74, 6) is -1.73. The smallest absolute Gasteiger partial charge is 0.313 e. The van der Waals surface area contributed by atoms with Gasteiger partial charge in [-0.3, -0.25) is 4.79 Å². The van der Waals surface area contributed by atoms with Crippen LogP contribution < -0.4 is 0 Å². The minimum Gasteiger partial charge on any atom is -0.481 e. The van der Waals surface area contributed by atoms with E-state index >= 15 is 0 Å². The van der Waals surface area contributed by atoms with Gasteiger partial charge in [0, 0.05) is 0 Å². The van der Waals surface area contributed by atoms with Gasteiger partial charge in [-0.25, -0.2) is 4.39 Å². The van der Waals surface area contributed by atoms with E-state index in [1.165, 1.54) is 26.0 Å². The first-order valence-electron chi connectivity index (χ1n) is 4.33. The molecule has 0 heterocycles. The molecule has 1 aromatic carbocycles. The summed E-state index contributed by atoms with van der Waals surface area (Å²) in [6.07, 6.45) is 0. The molecule has 1 aromatic rings. The van der Waals surface area contributed by atoms with E-state index in [4.69, 9.17) is 10.4 Å². The molecular weight excluding hydrogens is 197 g/mol. The van der Waals surface area contributed by atoms with Gasteiger partial charge in [-0.15, -0.1) is 0 Å². The second kappa shape index (κ2) is 3.70. The number of rotatable bonds is 2. The van der Waals surface area contributed by atoms with Crippen molar-refractivity contribution in [3.05, 3.63) is 35.1 Å². The first-order valence-corrected chi connectivity index (χ1v) is 4.33. The maximum atomic E-state index is 13.2. The number of nitrogens with zero attached hydrogens (tertiary/aromatic N) is 1. The highest BCUT2D eigenvalue weighted by Crippen LogP contribution is 2.24. The molecule has 3 nitrogen and oxygen atoms in total. The Morgan fingerprint density at radius 2 is 2.13 bits per heavy atom. The standard InChI is InChI=1S/C11H10FNO2/c1-11(2,10(14)15)8-4-3-7(6-13)9(12)5-8/h3-5H,1-2H3,(H,14,15). The normalized spacial score (nSPS) is 10.8. The predicted octanol–water partition coefficient (Wildman–Crippen LogP) is 2.06. The highest BCUT2D eigenvalue weighted by atomic mass is 19.1. The van der Waals surface area contributed by atoms with E-state index in [2.05, 4.69) is 0 Å². The number of carbonyl (C=O) groups is 1. The van der Waals surface area contributed by atoms with Crippen LogP contribution in [-0.4, -0.2) is 11.1 Å². The minimum absolute atomic E-state index is 0.0834. The molecule has 0 fully saturated rings. The number of carboxylic acid groups (broad SMARTS) is 1. The quantitative estimate of drug-likeness (QED) is 0.807. The van der Waals surface area contributed by atoms with Crippen molar-refractivity contribution in [1.82, 2.24) is 0 Å². The van der Waals surface area contributed by atoms with Crippen LogP contribution in [0, 0.1) is 17.1 Å². The molecule has 0 aliphatic heterocycles. The molecule has 15 heavy (non-hydrogen) atoms. The molecule has 1 rings (SSSR count). The molecule has 78 valence electrons. The van der Waals surface area contributed by atoms with Crippen molar-refractivity contribution in [2.45, 2.75) is 19.3 Å². The van der Waals surface area contributed by atoms with Crippen molar-refractivity contribution in [1.29, 1.82) is 5.26 Å². The van der Waals surface area contributed by atoms with Gasteiger partial charge in [-0.1, -0.05) is 6.07 Å². The number of benzene rings is 1. The van der Waals surface area contributed by atoms with Gasteiger partial charge >= 0.3 is 5.97 Å². The molecule has 0 saturated carbocycles. The number of halogens is 1. The Morgan fingerprint density at radius 3 is 2.53 bits per heavy atom. The first-order chi connectivity index (χ1) is 6.89. The zero-order valence-corrected chi connectivity index (χ0v) is 8.41. The number of aliphatic carboxylic acids is 1. The van der Waals surface area contributed by atoms with Crippen LogP contribution in [-0.2, 0) is 10.2 Å². The molecule has 0 atom stereocenters. The van der Waals surface area contributed by atoms with Gasteiger partial charge in [0.05, 0.1) is 11.0 Å². The Hall–Kier alpha value is -1.89. The van der Waals surface area contributed by atoms with E-state index < -0.39 is 17.2 Å². The Bertz CT molecular complexity index is 446. The van der Waals surface area contributed by atoms with Crippen LogP contribution in [0.2, 0.25) is 0 Å². The van der Waals surface area contributed by atoms with Crippen LogP contribution in [0.25, 0.3) is 0 Å². The third kappa shape index (κ3) is 1.96. The summed E-state index contributed by atoms with van der Waals surface area (Å²) in [5, 5.41) is 17.4. The molecular formula is C11H10FNO2. The van der Waals surface area contributed by atoms with Crippen LogP contribution in [0.5, 0.6) is 0 Å². The van der Waals surface area contributed by atoms with Gasteiger partial charge in [-0.05, 0) is 31.5 Å². The number of carboxylic acids is 1. The molecule has 0 bridgehead atoms. The Balaban J connectivity index is 3.25. The fourth-order valence-corrected chi connectivity index (χ4v) is 1.12. The summed E-state index contributed by atoms with van der Waals surface area (Å²) in [5.41, 5.74) is -0.902. The Labute approximate surface area is 86.8 Å². The van der Waals surface area contributed by atoms with Crippen LogP contribution in [0.4, 0.5) is 4.39 Å². The third-order valence-corrected chi connectivity index (χ3v) is 2.35. The molecule has 0 aliphatic carbocycles. The third-order valence-electron chi connectivity index (χ3n) is 2.35. The van der Waals surface area contributed by atoms with Crippen molar-refractivity contribution in [3.8, 4) is 6.07 Å². The van der Waals surface area contributed by atoms with Gasteiger partial charge in [-0.2, -0.15) is 5.26 Å². The summed E-state index contributed by atoms with van der Waals surface area (Å²) in [7, 11) is 0. The van der Waals surface area contributed by atoms with Crippen molar-refractivity contribution < 1.29 is 14.3 Å². The second-order valence-corrected chi connectivity index (χ2v) is 3.74. The van der Waals surface area contributed by atoms with Crippen LogP contribution in [0.15, 0.2) is 18.2 Å². The minimum atomic E-state index is -1.16. The van der Waals surface area contributed by atoms with Gasteiger partial charge in [0.15, 0.2) is 0 Å². The average molecular weight is 207 g/mol. The second-order valence-electron chi connectivity index (χ2n) is 3.74. The highest BCUT2D eigenvalue weighted by molar-refractivity contribution is 5.80. The van der Waals surface area contributed by atoms with E-state index in [1.807, 2.05) is 0 Å². The van der Waals surface area contributed by atoms with E-state index in [0.717, 1.165) is 6.07 Å². The lowest BCUT2D eigenvalue weighted by molar-refractivity contribution is -0.142. The number of nitriles is 1. The Kier molecular flexibility index (Phi) is 2.76. The topological polar surface area (TPSA) is 61.1 Å². The molecule has 4 heteroatoms. The van der Waals surface area contributed by atoms with E-state index in [-0.39, 0.29) is 5.56 Å². The molecule has 0 radical (unpaired) electrons. The lowest BCUT2D eigenvalue weighted by Gasteiger charge is -2.19. The number of hydrogen-bond donors (Lipinski definition) is 1. The summed E-state index contributed by atoms with van der Waals surface area (Å²) < 4.78 is 13.2. The van der Waals surface area contributed by atoms with Gasteiger partial charge in [0.25, 0.3) is 0 Å². The lowest BCUT2D eigenvalue weighted by atomic mass is 9.84. The van der Waals surface area contributed by atoms with Crippen molar-refractivity contribution in [3.63, 3.8) is 0 Å². The molecule has 0 aromatic heterocycles. The van der Waals surface area contributed by atoms with Crippen molar-refractivity contribution in [2.75, 3.05) is 0 Å². The summed E-state index contributed by atoms with van der Waals surface area (Å²) in [6, 6.07) is 5.51. The molecule has 0 spiro atoms. The van der Waals surface area contributed by atoms with Crippen LogP contribution in [0.1, 0.15) is 25.0 Å². The number of hydrogen-bond acceptors (Lipinski definition) is 2. The Morgan fingerprint density at radius 1 is 1.53 bits per heavy atom. The van der Waals surface area contributed by atoms with Gasteiger partial charge < -0.3 is 5.11 Å². The molecule has 0 aliphatic rings.